The van der Waals surface area contributed by atoms with Gasteiger partial charge in [-0.1, -0.05) is 110 Å². The molecule has 0 saturated heterocycles. The predicted octanol–water partition coefficient (Wildman–Crippen LogP) is 8.67. The van der Waals surface area contributed by atoms with Crippen molar-refractivity contribution in [1.29, 1.82) is 0 Å². The van der Waals surface area contributed by atoms with Gasteiger partial charge in [-0.15, -0.1) is 0 Å². The predicted molar refractivity (Wildman–Crippen MR) is 156 cm³/mol. The molecular weight excluding hydrogens is 474 g/mol. The van der Waals surface area contributed by atoms with Gasteiger partial charge in [0.1, 0.15) is 5.82 Å². The zero-order chi connectivity index (χ0) is 25.6. The average molecular weight is 508 g/mol. The molecule has 0 unspecified atom stereocenters. The van der Waals surface area contributed by atoms with Crippen molar-refractivity contribution in [3.8, 4) is 11.4 Å². The summed E-state index contributed by atoms with van der Waals surface area (Å²) < 4.78 is 2.42. The number of nitrogens with zero attached hydrogens (tertiary/aromatic N) is 3. The lowest BCUT2D eigenvalue weighted by atomic mass is 10.0. The second kappa shape index (κ2) is 11.8. The molecule has 0 aliphatic carbocycles. The third-order valence-electron chi connectivity index (χ3n) is 6.99. The Labute approximate surface area is 225 Å². The van der Waals surface area contributed by atoms with Crippen molar-refractivity contribution < 1.29 is 0 Å². The molecule has 0 aliphatic heterocycles. The Morgan fingerprint density at radius 1 is 0.838 bits per heavy atom. The molecule has 0 amide bonds. The summed E-state index contributed by atoms with van der Waals surface area (Å²) in [7, 11) is 0. The topological polar surface area (TPSA) is 21.1 Å². The average Bonchev–Trinajstić information content (AvgIpc) is 3.32. The Hall–Kier alpha value is -3.40. The normalized spacial score (nSPS) is 11.5. The van der Waals surface area contributed by atoms with Crippen LogP contribution in [0.25, 0.3) is 22.2 Å². The van der Waals surface area contributed by atoms with E-state index in [-0.39, 0.29) is 0 Å². The molecule has 0 saturated carbocycles. The van der Waals surface area contributed by atoms with Crippen LogP contribution in [0.4, 0.5) is 0 Å². The minimum absolute atomic E-state index is 0.814. The first-order valence-electron chi connectivity index (χ1n) is 13.2. The SMILES string of the molecule is CCCCn1c(CN(Cc2ccc(Cl)c(C)c2)Cc2cccc3ccccc23)cnc1-c1ccccc1. The lowest BCUT2D eigenvalue weighted by molar-refractivity contribution is 0.242. The molecular formula is C33H34ClN3. The first-order valence-corrected chi connectivity index (χ1v) is 13.5. The largest absolute Gasteiger partial charge is 0.327 e. The summed E-state index contributed by atoms with van der Waals surface area (Å²) >= 11 is 6.35. The molecule has 0 atom stereocenters. The van der Waals surface area contributed by atoms with Gasteiger partial charge in [0.25, 0.3) is 0 Å². The fourth-order valence-corrected chi connectivity index (χ4v) is 5.17. The second-order valence-electron chi connectivity index (χ2n) is 9.81. The number of aromatic nitrogens is 2. The molecule has 0 radical (unpaired) electrons. The molecule has 0 aliphatic rings. The highest BCUT2D eigenvalue weighted by Crippen LogP contribution is 2.26. The van der Waals surface area contributed by atoms with Crippen LogP contribution in [0.2, 0.25) is 5.02 Å². The van der Waals surface area contributed by atoms with Crippen LogP contribution in [-0.4, -0.2) is 14.5 Å². The van der Waals surface area contributed by atoms with E-state index in [1.165, 1.54) is 33.2 Å². The third kappa shape index (κ3) is 5.95. The third-order valence-corrected chi connectivity index (χ3v) is 7.42. The van der Waals surface area contributed by atoms with Gasteiger partial charge in [-0.3, -0.25) is 4.90 Å². The summed E-state index contributed by atoms with van der Waals surface area (Å²) in [5.74, 6) is 1.05. The Balaban J connectivity index is 1.51. The number of halogens is 1. The van der Waals surface area contributed by atoms with Gasteiger partial charge in [-0.2, -0.15) is 0 Å². The number of hydrogen-bond acceptors (Lipinski definition) is 2. The van der Waals surface area contributed by atoms with Crippen LogP contribution in [0.3, 0.4) is 0 Å². The molecule has 5 rings (SSSR count). The lowest BCUT2D eigenvalue weighted by Crippen LogP contribution is -2.24. The van der Waals surface area contributed by atoms with Gasteiger partial charge < -0.3 is 4.57 Å². The van der Waals surface area contributed by atoms with Gasteiger partial charge >= 0.3 is 0 Å². The number of aryl methyl sites for hydroxylation is 1. The Kier molecular flexibility index (Phi) is 8.03. The van der Waals surface area contributed by atoms with Crippen molar-refractivity contribution >= 4 is 22.4 Å². The van der Waals surface area contributed by atoms with E-state index in [4.69, 9.17) is 16.6 Å². The number of fused-ring (bicyclic) bond motifs is 1. The summed E-state index contributed by atoms with van der Waals surface area (Å²) in [5, 5.41) is 3.41. The highest BCUT2D eigenvalue weighted by atomic mass is 35.5. The molecule has 1 heterocycles. The summed E-state index contributed by atoms with van der Waals surface area (Å²) in [6, 6.07) is 32.2. The first kappa shape index (κ1) is 25.3. The minimum Gasteiger partial charge on any atom is -0.327 e. The zero-order valence-corrected chi connectivity index (χ0v) is 22.5. The van der Waals surface area contributed by atoms with Crippen LogP contribution in [0, 0.1) is 6.92 Å². The molecule has 3 nitrogen and oxygen atoms in total. The number of rotatable bonds is 10. The van der Waals surface area contributed by atoms with E-state index < -0.39 is 0 Å². The standard InChI is InChI=1S/C33H34ClN3/c1-3-4-19-37-30(21-35-33(37)28-12-6-5-7-13-28)24-36(22-26-17-18-32(34)25(2)20-26)23-29-15-10-14-27-11-8-9-16-31(27)29/h5-18,20-21H,3-4,19,22-24H2,1-2H3. The molecule has 37 heavy (non-hydrogen) atoms. The molecule has 5 aromatic rings. The van der Waals surface area contributed by atoms with Crippen molar-refractivity contribution in [3.05, 3.63) is 125 Å². The zero-order valence-electron chi connectivity index (χ0n) is 21.7. The molecule has 0 fully saturated rings. The molecule has 0 spiro atoms. The maximum Gasteiger partial charge on any atom is 0.140 e. The minimum atomic E-state index is 0.814. The van der Waals surface area contributed by atoms with Crippen molar-refractivity contribution in [2.24, 2.45) is 0 Å². The number of benzene rings is 4. The molecule has 0 N–H and O–H groups in total. The van der Waals surface area contributed by atoms with Crippen LogP contribution in [0.5, 0.6) is 0 Å². The molecule has 4 heteroatoms. The maximum atomic E-state index is 6.35. The van der Waals surface area contributed by atoms with E-state index in [1.807, 2.05) is 6.07 Å². The van der Waals surface area contributed by atoms with Gasteiger partial charge in [0.15, 0.2) is 0 Å². The highest BCUT2D eigenvalue weighted by Gasteiger charge is 2.17. The second-order valence-corrected chi connectivity index (χ2v) is 10.2. The van der Waals surface area contributed by atoms with Gasteiger partial charge in [0.2, 0.25) is 0 Å². The Morgan fingerprint density at radius 3 is 2.43 bits per heavy atom. The van der Waals surface area contributed by atoms with Crippen molar-refractivity contribution in [1.82, 2.24) is 14.5 Å². The molecule has 1 aromatic heterocycles. The summed E-state index contributed by atoms with van der Waals surface area (Å²) in [6.07, 6.45) is 4.35. The van der Waals surface area contributed by atoms with E-state index in [0.717, 1.165) is 55.4 Å². The van der Waals surface area contributed by atoms with Gasteiger partial charge in [0, 0.05) is 36.8 Å². The number of hydrogen-bond donors (Lipinski definition) is 0. The molecule has 4 aromatic carbocycles. The fourth-order valence-electron chi connectivity index (χ4n) is 5.05. The first-order chi connectivity index (χ1) is 18.1. The summed E-state index contributed by atoms with van der Waals surface area (Å²) in [5.41, 5.74) is 6.14. The van der Waals surface area contributed by atoms with E-state index in [1.54, 1.807) is 0 Å². The Morgan fingerprint density at radius 2 is 1.62 bits per heavy atom. The summed E-state index contributed by atoms with van der Waals surface area (Å²) in [6.45, 7) is 7.79. The lowest BCUT2D eigenvalue weighted by Gasteiger charge is -2.25. The van der Waals surface area contributed by atoms with Crippen molar-refractivity contribution in [2.75, 3.05) is 0 Å². The van der Waals surface area contributed by atoms with Gasteiger partial charge in [-0.05, 0) is 46.9 Å². The van der Waals surface area contributed by atoms with Crippen LogP contribution in [0.1, 0.15) is 42.1 Å². The van der Waals surface area contributed by atoms with Crippen LogP contribution >= 0.6 is 11.6 Å². The van der Waals surface area contributed by atoms with Gasteiger partial charge in [0.05, 0.1) is 11.9 Å². The summed E-state index contributed by atoms with van der Waals surface area (Å²) in [4.78, 5) is 7.43. The van der Waals surface area contributed by atoms with Crippen LogP contribution < -0.4 is 0 Å². The highest BCUT2D eigenvalue weighted by molar-refractivity contribution is 6.31. The van der Waals surface area contributed by atoms with Crippen LogP contribution in [0.15, 0.2) is 97.2 Å². The Bertz CT molecular complexity index is 1470. The number of unbranched alkanes of at least 4 members (excludes halogenated alkanes) is 1. The van der Waals surface area contributed by atoms with Crippen molar-refractivity contribution in [2.45, 2.75) is 52.9 Å². The van der Waals surface area contributed by atoms with E-state index in [9.17, 15) is 0 Å². The quantitative estimate of drug-likeness (QED) is 0.188. The maximum absolute atomic E-state index is 6.35. The van der Waals surface area contributed by atoms with Crippen LogP contribution in [-0.2, 0) is 26.2 Å². The molecule has 0 bridgehead atoms. The molecule has 188 valence electrons. The fraction of sp³-hybridized carbons (Fsp3) is 0.242. The van der Waals surface area contributed by atoms with Crippen molar-refractivity contribution in [3.63, 3.8) is 0 Å². The van der Waals surface area contributed by atoms with E-state index >= 15 is 0 Å². The number of imidazole rings is 1. The van der Waals surface area contributed by atoms with Gasteiger partial charge in [-0.25, -0.2) is 4.98 Å². The monoisotopic (exact) mass is 507 g/mol. The van der Waals surface area contributed by atoms with E-state index in [2.05, 4.69) is 114 Å². The van der Waals surface area contributed by atoms with E-state index in [0.29, 0.717) is 0 Å². The smallest absolute Gasteiger partial charge is 0.140 e.